The summed E-state index contributed by atoms with van der Waals surface area (Å²) in [7, 11) is 0. The van der Waals surface area contributed by atoms with Crippen LogP contribution in [0.15, 0.2) is 54.6 Å². The highest BCUT2D eigenvalue weighted by Crippen LogP contribution is 2.21. The second-order valence-corrected chi connectivity index (χ2v) is 8.37. The first kappa shape index (κ1) is 25.5. The number of nitrogens with one attached hydrogen (secondary N) is 1. The molecule has 1 atom stereocenters. The van der Waals surface area contributed by atoms with Crippen LogP contribution in [0.4, 0.5) is 5.69 Å². The number of ether oxygens (including phenoxy) is 3. The molecular formula is C24H32N2O6. The molecule has 0 fully saturated rings. The second kappa shape index (κ2) is 12.9. The number of carbonyl (C=O) groups is 1. The summed E-state index contributed by atoms with van der Waals surface area (Å²) >= 11 is 0. The van der Waals surface area contributed by atoms with Gasteiger partial charge in [0, 0.05) is 12.1 Å². The molecule has 2 aromatic rings. The Hall–Kier alpha value is -2.81. The summed E-state index contributed by atoms with van der Waals surface area (Å²) in [6.07, 6.45) is 1.40. The lowest BCUT2D eigenvalue weighted by Gasteiger charge is -2.26. The van der Waals surface area contributed by atoms with E-state index in [9.17, 15) is 14.9 Å². The quantitative estimate of drug-likeness (QED) is 0.120. The van der Waals surface area contributed by atoms with E-state index in [1.807, 2.05) is 51.1 Å². The van der Waals surface area contributed by atoms with E-state index in [2.05, 4.69) is 5.32 Å². The van der Waals surface area contributed by atoms with Crippen LogP contribution >= 0.6 is 0 Å². The lowest BCUT2D eigenvalue weighted by molar-refractivity contribution is -0.384. The summed E-state index contributed by atoms with van der Waals surface area (Å²) in [5.41, 5.74) is 0.554. The molecule has 0 aliphatic carbocycles. The molecule has 0 saturated heterocycles. The molecule has 2 rings (SSSR count). The van der Waals surface area contributed by atoms with Crippen molar-refractivity contribution in [3.8, 4) is 5.75 Å². The van der Waals surface area contributed by atoms with Gasteiger partial charge >= 0.3 is 5.97 Å². The van der Waals surface area contributed by atoms with Gasteiger partial charge in [0.2, 0.25) is 0 Å². The molecular weight excluding hydrogens is 412 g/mol. The van der Waals surface area contributed by atoms with Gasteiger partial charge in [0.1, 0.15) is 5.75 Å². The van der Waals surface area contributed by atoms with Gasteiger partial charge in [0.05, 0.1) is 23.9 Å². The predicted octanol–water partition coefficient (Wildman–Crippen LogP) is 4.62. The third-order valence-corrected chi connectivity index (χ3v) is 4.41. The first-order valence-electron chi connectivity index (χ1n) is 10.7. The smallest absolute Gasteiger partial charge is 0.340 e. The van der Waals surface area contributed by atoms with Gasteiger partial charge in [-0.15, -0.1) is 0 Å². The van der Waals surface area contributed by atoms with E-state index < -0.39 is 22.6 Å². The Kier molecular flexibility index (Phi) is 10.3. The first-order chi connectivity index (χ1) is 15.2. The third-order valence-electron chi connectivity index (χ3n) is 4.41. The van der Waals surface area contributed by atoms with Crippen molar-refractivity contribution in [1.82, 2.24) is 5.32 Å². The average Bonchev–Trinajstić information content (AvgIpc) is 2.75. The van der Waals surface area contributed by atoms with Crippen molar-refractivity contribution in [3.63, 3.8) is 0 Å². The summed E-state index contributed by atoms with van der Waals surface area (Å²) < 4.78 is 16.9. The van der Waals surface area contributed by atoms with Crippen molar-refractivity contribution in [3.05, 3.63) is 70.3 Å². The summed E-state index contributed by atoms with van der Waals surface area (Å²) in [6.45, 7) is 7.41. The highest BCUT2D eigenvalue weighted by atomic mass is 16.6. The second-order valence-electron chi connectivity index (χ2n) is 8.37. The van der Waals surface area contributed by atoms with Gasteiger partial charge in [-0.05, 0) is 64.3 Å². The summed E-state index contributed by atoms with van der Waals surface area (Å²) in [5.74, 6) is -0.256. The van der Waals surface area contributed by atoms with Crippen molar-refractivity contribution in [1.29, 1.82) is 0 Å². The first-order valence-corrected chi connectivity index (χ1v) is 10.7. The topological polar surface area (TPSA) is 99.9 Å². The van der Waals surface area contributed by atoms with Gasteiger partial charge in [-0.2, -0.15) is 0 Å². The molecule has 32 heavy (non-hydrogen) atoms. The van der Waals surface area contributed by atoms with E-state index in [1.165, 1.54) is 24.3 Å². The van der Waals surface area contributed by atoms with Crippen LogP contribution in [0.1, 0.15) is 45.6 Å². The zero-order valence-electron chi connectivity index (χ0n) is 18.9. The van der Waals surface area contributed by atoms with Crippen LogP contribution < -0.4 is 10.1 Å². The maximum Gasteiger partial charge on any atom is 0.340 e. The fourth-order valence-electron chi connectivity index (χ4n) is 2.94. The van der Waals surface area contributed by atoms with E-state index in [0.29, 0.717) is 19.8 Å². The van der Waals surface area contributed by atoms with Gasteiger partial charge < -0.3 is 14.2 Å². The largest absolute Gasteiger partial charge is 0.425 e. The molecule has 2 aromatic carbocycles. The average molecular weight is 445 g/mol. The molecule has 0 heterocycles. The monoisotopic (exact) mass is 444 g/mol. The number of benzene rings is 2. The minimum Gasteiger partial charge on any atom is -0.425 e. The fraction of sp³-hybridized carbons (Fsp3) is 0.458. The molecule has 1 unspecified atom stereocenters. The minimum atomic E-state index is -0.723. The molecule has 174 valence electrons. The normalized spacial score (nSPS) is 12.3. The van der Waals surface area contributed by atoms with Crippen LogP contribution in [-0.4, -0.2) is 35.9 Å². The number of hydrogen-bond acceptors (Lipinski definition) is 7. The molecule has 0 aliphatic rings. The molecule has 0 radical (unpaired) electrons. The SMILES string of the molecule is CC(C)(C)OC(CCCCNCOCc1ccccc1)C(=O)Oc1ccc([N+](=O)[O-])cc1. The molecule has 1 N–H and O–H groups in total. The van der Waals surface area contributed by atoms with E-state index in [0.717, 1.165) is 24.9 Å². The number of carbonyl (C=O) groups excluding carboxylic acids is 1. The van der Waals surface area contributed by atoms with E-state index in [4.69, 9.17) is 14.2 Å². The van der Waals surface area contributed by atoms with Gasteiger partial charge in [-0.3, -0.25) is 15.4 Å². The number of esters is 1. The third kappa shape index (κ3) is 10.00. The van der Waals surface area contributed by atoms with Crippen molar-refractivity contribution in [2.75, 3.05) is 13.3 Å². The zero-order valence-corrected chi connectivity index (χ0v) is 18.9. The van der Waals surface area contributed by atoms with Crippen LogP contribution in [0.25, 0.3) is 0 Å². The molecule has 0 saturated carbocycles. The standard InChI is InChI=1S/C24H32N2O6/c1-24(2,3)32-22(23(27)31-21-14-12-20(13-15-21)26(28)29)11-7-8-16-25-18-30-17-19-9-5-4-6-10-19/h4-6,9-10,12-15,22,25H,7-8,11,16-18H2,1-3H3. The van der Waals surface area contributed by atoms with Crippen LogP contribution in [0.5, 0.6) is 5.75 Å². The zero-order chi connectivity index (χ0) is 23.4. The number of unbranched alkanes of at least 4 members (excludes halogenated alkanes) is 1. The van der Waals surface area contributed by atoms with Crippen molar-refractivity contribution in [2.24, 2.45) is 0 Å². The van der Waals surface area contributed by atoms with Gasteiger partial charge in [-0.1, -0.05) is 30.3 Å². The van der Waals surface area contributed by atoms with Gasteiger partial charge in [0.25, 0.3) is 5.69 Å². The van der Waals surface area contributed by atoms with Crippen molar-refractivity contribution >= 4 is 11.7 Å². The van der Waals surface area contributed by atoms with Crippen molar-refractivity contribution < 1.29 is 23.9 Å². The fourth-order valence-corrected chi connectivity index (χ4v) is 2.94. The summed E-state index contributed by atoms with van der Waals surface area (Å²) in [6, 6.07) is 15.4. The number of rotatable bonds is 13. The van der Waals surface area contributed by atoms with Crippen LogP contribution in [0.3, 0.4) is 0 Å². The minimum absolute atomic E-state index is 0.0625. The highest BCUT2D eigenvalue weighted by Gasteiger charge is 2.27. The highest BCUT2D eigenvalue weighted by molar-refractivity contribution is 5.77. The van der Waals surface area contributed by atoms with E-state index >= 15 is 0 Å². The molecule has 8 heteroatoms. The van der Waals surface area contributed by atoms with E-state index in [1.54, 1.807) is 0 Å². The van der Waals surface area contributed by atoms with Crippen LogP contribution in [-0.2, 0) is 20.9 Å². The summed E-state index contributed by atoms with van der Waals surface area (Å²) in [4.78, 5) is 22.9. The number of nitro groups is 1. The summed E-state index contributed by atoms with van der Waals surface area (Å²) in [5, 5.41) is 14.0. The number of non-ortho nitro benzene ring substituents is 1. The molecule has 0 amide bonds. The molecule has 0 bridgehead atoms. The Balaban J connectivity index is 1.72. The Morgan fingerprint density at radius 2 is 1.75 bits per heavy atom. The van der Waals surface area contributed by atoms with Gasteiger partial charge in [0.15, 0.2) is 6.10 Å². The predicted molar refractivity (Wildman–Crippen MR) is 121 cm³/mol. The van der Waals surface area contributed by atoms with Crippen LogP contribution in [0.2, 0.25) is 0 Å². The molecule has 8 nitrogen and oxygen atoms in total. The number of nitrogens with zero attached hydrogens (tertiary/aromatic N) is 1. The lowest BCUT2D eigenvalue weighted by Crippen LogP contribution is -2.36. The van der Waals surface area contributed by atoms with Gasteiger partial charge in [-0.25, -0.2) is 4.79 Å². The van der Waals surface area contributed by atoms with Crippen LogP contribution in [0, 0.1) is 10.1 Å². The number of hydrogen-bond donors (Lipinski definition) is 1. The number of nitro benzene ring substituents is 1. The van der Waals surface area contributed by atoms with Crippen molar-refractivity contribution in [2.45, 2.75) is 58.3 Å². The molecule has 0 aromatic heterocycles. The van der Waals surface area contributed by atoms with E-state index in [-0.39, 0.29) is 11.4 Å². The maximum absolute atomic E-state index is 12.6. The Labute approximate surface area is 189 Å². The Morgan fingerprint density at radius 1 is 1.06 bits per heavy atom. The molecule has 0 spiro atoms. The Morgan fingerprint density at radius 3 is 2.38 bits per heavy atom. The Bertz CT molecular complexity index is 834. The maximum atomic E-state index is 12.6. The lowest BCUT2D eigenvalue weighted by atomic mass is 10.1. The molecule has 0 aliphatic heterocycles.